The zero-order valence-electron chi connectivity index (χ0n) is 13.6. The van der Waals surface area contributed by atoms with E-state index in [1.54, 1.807) is 4.90 Å². The van der Waals surface area contributed by atoms with Crippen molar-refractivity contribution in [3.63, 3.8) is 0 Å². The first-order chi connectivity index (χ1) is 10.8. The fourth-order valence-corrected chi connectivity index (χ4v) is 3.97. The van der Waals surface area contributed by atoms with Crippen LogP contribution in [0.15, 0.2) is 30.3 Å². The van der Waals surface area contributed by atoms with E-state index in [0.29, 0.717) is 11.8 Å². The van der Waals surface area contributed by atoms with E-state index in [1.165, 1.54) is 44.3 Å². The number of hydrogen-bond acceptors (Lipinski definition) is 1. The first kappa shape index (κ1) is 15.5. The van der Waals surface area contributed by atoms with Crippen molar-refractivity contribution in [1.29, 1.82) is 0 Å². The van der Waals surface area contributed by atoms with Crippen LogP contribution in [-0.4, -0.2) is 43.5 Å². The van der Waals surface area contributed by atoms with Crippen molar-refractivity contribution in [3.05, 3.63) is 35.9 Å². The van der Waals surface area contributed by atoms with E-state index in [9.17, 15) is 4.79 Å². The molecule has 2 aliphatic rings. The van der Waals surface area contributed by atoms with E-state index in [2.05, 4.69) is 35.2 Å². The van der Waals surface area contributed by atoms with Gasteiger partial charge in [0.2, 0.25) is 5.91 Å². The molecule has 0 radical (unpaired) electrons. The van der Waals surface area contributed by atoms with Gasteiger partial charge in [-0.05, 0) is 37.7 Å². The molecule has 1 aromatic carbocycles. The van der Waals surface area contributed by atoms with Crippen molar-refractivity contribution < 1.29 is 9.69 Å². The van der Waals surface area contributed by atoms with Gasteiger partial charge in [-0.3, -0.25) is 4.79 Å². The number of nitrogens with one attached hydrogen (secondary N) is 1. The smallest absolute Gasteiger partial charge is 0.231 e. The van der Waals surface area contributed by atoms with Crippen molar-refractivity contribution in [2.75, 3.05) is 32.7 Å². The average molecular weight is 301 g/mol. The minimum atomic E-state index is 0.290. The average Bonchev–Trinajstić information content (AvgIpc) is 3.10. The minimum absolute atomic E-state index is 0.290. The third-order valence-corrected chi connectivity index (χ3v) is 5.22. The summed E-state index contributed by atoms with van der Waals surface area (Å²) in [6, 6.07) is 10.7. The molecule has 1 N–H and O–H groups in total. The van der Waals surface area contributed by atoms with Crippen LogP contribution < -0.4 is 4.90 Å². The third kappa shape index (κ3) is 4.10. The van der Waals surface area contributed by atoms with Gasteiger partial charge in [0.15, 0.2) is 0 Å². The molecule has 1 aromatic rings. The second-order valence-corrected chi connectivity index (χ2v) is 6.91. The number of rotatable bonds is 5. The Labute approximate surface area is 134 Å². The molecule has 0 spiro atoms. The Morgan fingerprint density at radius 1 is 1.14 bits per heavy atom. The van der Waals surface area contributed by atoms with E-state index in [-0.39, 0.29) is 0 Å². The Morgan fingerprint density at radius 2 is 1.91 bits per heavy atom. The Morgan fingerprint density at radius 3 is 2.68 bits per heavy atom. The topological polar surface area (TPSA) is 24.8 Å². The lowest BCUT2D eigenvalue weighted by molar-refractivity contribution is -0.907. The first-order valence-electron chi connectivity index (χ1n) is 8.99. The lowest BCUT2D eigenvalue weighted by Crippen LogP contribution is -3.13. The van der Waals surface area contributed by atoms with E-state index in [4.69, 9.17) is 0 Å². The molecular formula is C19H29N2O+. The van der Waals surface area contributed by atoms with Crippen LogP contribution >= 0.6 is 0 Å². The molecule has 2 fully saturated rings. The van der Waals surface area contributed by atoms with Gasteiger partial charge < -0.3 is 9.80 Å². The van der Waals surface area contributed by atoms with E-state index in [0.717, 1.165) is 32.5 Å². The SMILES string of the molecule is O=C([C@@H]1CCC[NH+](CCCc2ccccc2)C1)N1CCCC1. The van der Waals surface area contributed by atoms with Crippen molar-refractivity contribution in [1.82, 2.24) is 4.90 Å². The molecule has 0 bridgehead atoms. The molecule has 120 valence electrons. The monoisotopic (exact) mass is 301 g/mol. The van der Waals surface area contributed by atoms with Crippen LogP contribution in [0.3, 0.4) is 0 Å². The van der Waals surface area contributed by atoms with E-state index >= 15 is 0 Å². The largest absolute Gasteiger partial charge is 0.342 e. The second-order valence-electron chi connectivity index (χ2n) is 6.91. The molecule has 3 heteroatoms. The highest BCUT2D eigenvalue weighted by molar-refractivity contribution is 5.79. The molecule has 0 aliphatic carbocycles. The molecule has 2 saturated heterocycles. The summed E-state index contributed by atoms with van der Waals surface area (Å²) in [5, 5.41) is 0. The fourth-order valence-electron chi connectivity index (χ4n) is 3.97. The molecule has 0 saturated carbocycles. The molecular weight excluding hydrogens is 272 g/mol. The van der Waals surface area contributed by atoms with Gasteiger partial charge in [-0.1, -0.05) is 30.3 Å². The summed E-state index contributed by atoms with van der Waals surface area (Å²) in [6.45, 7) is 5.51. The summed E-state index contributed by atoms with van der Waals surface area (Å²) < 4.78 is 0. The zero-order chi connectivity index (χ0) is 15.2. The Kier molecular flexibility index (Phi) is 5.49. The van der Waals surface area contributed by atoms with Gasteiger partial charge in [0.25, 0.3) is 0 Å². The fraction of sp³-hybridized carbons (Fsp3) is 0.632. The summed E-state index contributed by atoms with van der Waals surface area (Å²) in [5.41, 5.74) is 1.43. The maximum atomic E-state index is 12.6. The van der Waals surface area contributed by atoms with Crippen LogP contribution in [-0.2, 0) is 11.2 Å². The number of piperidine rings is 1. The van der Waals surface area contributed by atoms with E-state index < -0.39 is 0 Å². The number of likely N-dealkylation sites (tertiary alicyclic amines) is 2. The molecule has 22 heavy (non-hydrogen) atoms. The molecule has 1 amide bonds. The molecule has 3 nitrogen and oxygen atoms in total. The van der Waals surface area contributed by atoms with Gasteiger partial charge in [-0.15, -0.1) is 0 Å². The Bertz CT molecular complexity index is 468. The van der Waals surface area contributed by atoms with Crippen LogP contribution in [0.4, 0.5) is 0 Å². The first-order valence-corrected chi connectivity index (χ1v) is 8.99. The van der Waals surface area contributed by atoms with Gasteiger partial charge in [-0.2, -0.15) is 0 Å². The highest BCUT2D eigenvalue weighted by Gasteiger charge is 2.32. The van der Waals surface area contributed by atoms with Crippen LogP contribution in [0, 0.1) is 5.92 Å². The lowest BCUT2D eigenvalue weighted by atomic mass is 9.96. The number of amides is 1. The van der Waals surface area contributed by atoms with Gasteiger partial charge in [-0.25, -0.2) is 0 Å². The van der Waals surface area contributed by atoms with Gasteiger partial charge in [0.1, 0.15) is 0 Å². The van der Waals surface area contributed by atoms with E-state index in [1.807, 2.05) is 0 Å². The summed E-state index contributed by atoms with van der Waals surface area (Å²) in [7, 11) is 0. The number of nitrogens with zero attached hydrogens (tertiary/aromatic N) is 1. The number of quaternary nitrogens is 1. The van der Waals surface area contributed by atoms with Gasteiger partial charge in [0, 0.05) is 19.5 Å². The van der Waals surface area contributed by atoms with Crippen LogP contribution in [0.1, 0.15) is 37.7 Å². The summed E-state index contributed by atoms with van der Waals surface area (Å²) in [6.07, 6.45) is 7.11. The summed E-state index contributed by atoms with van der Waals surface area (Å²) in [5.74, 6) is 0.733. The predicted molar refractivity (Wildman–Crippen MR) is 88.9 cm³/mol. The number of carbonyl (C=O) groups excluding carboxylic acids is 1. The summed E-state index contributed by atoms with van der Waals surface area (Å²) in [4.78, 5) is 16.3. The number of benzene rings is 1. The van der Waals surface area contributed by atoms with Gasteiger partial charge >= 0.3 is 0 Å². The number of carbonyl (C=O) groups is 1. The maximum absolute atomic E-state index is 12.6. The highest BCUT2D eigenvalue weighted by Crippen LogP contribution is 2.16. The van der Waals surface area contributed by atoms with Crippen LogP contribution in [0.25, 0.3) is 0 Å². The standard InChI is InChI=1S/C19H28N2O/c22-19(21-14-4-5-15-21)18-11-7-13-20(16-18)12-6-10-17-8-2-1-3-9-17/h1-3,8-9,18H,4-7,10-16H2/p+1/t18-/m1/s1. The van der Waals surface area contributed by atoms with Crippen molar-refractivity contribution >= 4 is 5.91 Å². The van der Waals surface area contributed by atoms with Crippen LogP contribution in [0.2, 0.25) is 0 Å². The van der Waals surface area contributed by atoms with Crippen molar-refractivity contribution in [2.45, 2.75) is 38.5 Å². The van der Waals surface area contributed by atoms with Crippen LogP contribution in [0.5, 0.6) is 0 Å². The van der Waals surface area contributed by atoms with Crippen molar-refractivity contribution in [3.8, 4) is 0 Å². The molecule has 0 aromatic heterocycles. The Hall–Kier alpha value is -1.35. The van der Waals surface area contributed by atoms with Gasteiger partial charge in [0.05, 0.1) is 25.6 Å². The molecule has 2 heterocycles. The predicted octanol–water partition coefficient (Wildman–Crippen LogP) is 1.54. The number of aryl methyl sites for hydroxylation is 1. The lowest BCUT2D eigenvalue weighted by Gasteiger charge is -2.31. The van der Waals surface area contributed by atoms with Crippen molar-refractivity contribution in [2.24, 2.45) is 5.92 Å². The zero-order valence-corrected chi connectivity index (χ0v) is 13.6. The maximum Gasteiger partial charge on any atom is 0.231 e. The number of hydrogen-bond donors (Lipinski definition) is 1. The molecule has 3 rings (SSSR count). The second kappa shape index (κ2) is 7.77. The minimum Gasteiger partial charge on any atom is -0.342 e. The molecule has 2 aliphatic heterocycles. The quantitative estimate of drug-likeness (QED) is 0.877. The normalized spacial score (nSPS) is 25.4. The Balaban J connectivity index is 1.43. The summed E-state index contributed by atoms with van der Waals surface area (Å²) >= 11 is 0. The molecule has 1 unspecified atom stereocenters. The highest BCUT2D eigenvalue weighted by atomic mass is 16.2. The molecule has 2 atom stereocenters. The third-order valence-electron chi connectivity index (χ3n) is 5.22.